The number of carbonyl (C=O) groups excluding carboxylic acids is 1. The molecular formula is C11H15N3O5S. The highest BCUT2D eigenvalue weighted by Crippen LogP contribution is 2.26. The molecule has 1 amide bonds. The van der Waals surface area contributed by atoms with Crippen LogP contribution >= 0.6 is 0 Å². The number of nitro benzene ring substituents is 1. The van der Waals surface area contributed by atoms with Crippen LogP contribution in [0.15, 0.2) is 23.1 Å². The first-order valence-corrected chi connectivity index (χ1v) is 7.58. The fraction of sp³-hybridized carbons (Fsp3) is 0.364. The molecule has 0 heterocycles. The third-order valence-corrected chi connectivity index (χ3v) is 3.53. The van der Waals surface area contributed by atoms with Gasteiger partial charge in [0.2, 0.25) is 5.91 Å². The molecule has 0 fully saturated rings. The Kier molecular flexibility index (Phi) is 5.03. The van der Waals surface area contributed by atoms with E-state index in [1.807, 2.05) is 0 Å². The molecule has 110 valence electrons. The van der Waals surface area contributed by atoms with Crippen molar-refractivity contribution in [2.45, 2.75) is 11.8 Å². The molecule has 0 bridgehead atoms. The van der Waals surface area contributed by atoms with Gasteiger partial charge in [-0.05, 0) is 12.1 Å². The van der Waals surface area contributed by atoms with Crippen molar-refractivity contribution in [3.63, 3.8) is 0 Å². The van der Waals surface area contributed by atoms with Crippen molar-refractivity contribution in [1.82, 2.24) is 5.32 Å². The van der Waals surface area contributed by atoms with Crippen molar-refractivity contribution in [1.29, 1.82) is 0 Å². The third kappa shape index (κ3) is 4.50. The number of rotatable bonds is 6. The summed E-state index contributed by atoms with van der Waals surface area (Å²) in [6, 6.07) is 3.79. The van der Waals surface area contributed by atoms with Gasteiger partial charge in [0.05, 0.1) is 4.92 Å². The molecule has 0 unspecified atom stereocenters. The van der Waals surface area contributed by atoms with E-state index in [9.17, 15) is 23.3 Å². The van der Waals surface area contributed by atoms with E-state index in [0.29, 0.717) is 18.8 Å². The molecule has 0 radical (unpaired) electrons. The fourth-order valence-corrected chi connectivity index (χ4v) is 2.36. The highest BCUT2D eigenvalue weighted by Gasteiger charge is 2.22. The predicted octanol–water partition coefficient (Wildman–Crippen LogP) is 0.546. The Morgan fingerprint density at radius 2 is 2.00 bits per heavy atom. The fourth-order valence-electron chi connectivity index (χ4n) is 1.53. The third-order valence-electron chi connectivity index (χ3n) is 2.38. The second kappa shape index (κ2) is 6.33. The SMILES string of the molecule is CC(=O)NCCNc1ccc(S(C)(=O)=O)c([N+](=O)[O-])c1. The van der Waals surface area contributed by atoms with E-state index in [-0.39, 0.29) is 10.8 Å². The number of nitro groups is 1. The number of amides is 1. The van der Waals surface area contributed by atoms with Crippen LogP contribution in [0.4, 0.5) is 11.4 Å². The standard InChI is InChI=1S/C11H15N3O5S/c1-8(15)12-5-6-13-9-3-4-11(20(2,18)19)10(7-9)14(16)17/h3-4,7,13H,5-6H2,1-2H3,(H,12,15). The second-order valence-corrected chi connectivity index (χ2v) is 6.11. The molecule has 1 rings (SSSR count). The van der Waals surface area contributed by atoms with Gasteiger partial charge in [0.1, 0.15) is 4.90 Å². The maximum atomic E-state index is 11.4. The molecule has 0 saturated carbocycles. The number of nitrogens with one attached hydrogen (secondary N) is 2. The molecule has 0 aliphatic heterocycles. The molecule has 0 aromatic heterocycles. The Hall–Kier alpha value is -2.16. The van der Waals surface area contributed by atoms with Gasteiger partial charge in [-0.25, -0.2) is 8.42 Å². The largest absolute Gasteiger partial charge is 0.383 e. The number of carbonyl (C=O) groups is 1. The van der Waals surface area contributed by atoms with Crippen LogP contribution in [0.3, 0.4) is 0 Å². The number of hydrogen-bond donors (Lipinski definition) is 2. The van der Waals surface area contributed by atoms with Gasteiger partial charge in [-0.2, -0.15) is 0 Å². The summed E-state index contributed by atoms with van der Waals surface area (Å²) in [4.78, 5) is 20.5. The average molecular weight is 301 g/mol. The Bertz CT molecular complexity index is 627. The molecule has 1 aromatic carbocycles. The van der Waals surface area contributed by atoms with Crippen LogP contribution in [0.25, 0.3) is 0 Å². The van der Waals surface area contributed by atoms with Crippen LogP contribution in [0.5, 0.6) is 0 Å². The van der Waals surface area contributed by atoms with Gasteiger partial charge in [0.15, 0.2) is 9.84 Å². The summed E-state index contributed by atoms with van der Waals surface area (Å²) in [5, 5.41) is 16.3. The Morgan fingerprint density at radius 3 is 2.50 bits per heavy atom. The van der Waals surface area contributed by atoms with E-state index in [1.165, 1.54) is 19.1 Å². The molecule has 0 saturated heterocycles. The van der Waals surface area contributed by atoms with E-state index in [1.54, 1.807) is 0 Å². The topological polar surface area (TPSA) is 118 Å². The van der Waals surface area contributed by atoms with Gasteiger partial charge in [-0.1, -0.05) is 0 Å². The van der Waals surface area contributed by atoms with Crippen molar-refractivity contribution in [2.24, 2.45) is 0 Å². The van der Waals surface area contributed by atoms with E-state index in [0.717, 1.165) is 12.3 Å². The van der Waals surface area contributed by atoms with Crippen LogP contribution in [0.2, 0.25) is 0 Å². The zero-order chi connectivity index (χ0) is 15.3. The molecule has 2 N–H and O–H groups in total. The first kappa shape index (κ1) is 15.9. The van der Waals surface area contributed by atoms with Gasteiger partial charge in [-0.15, -0.1) is 0 Å². The van der Waals surface area contributed by atoms with Crippen LogP contribution in [-0.4, -0.2) is 38.6 Å². The summed E-state index contributed by atoms with van der Waals surface area (Å²) in [6.45, 7) is 2.11. The van der Waals surface area contributed by atoms with E-state index in [2.05, 4.69) is 10.6 Å². The van der Waals surface area contributed by atoms with Gasteiger partial charge in [0, 0.05) is 38.0 Å². The van der Waals surface area contributed by atoms with Crippen molar-refractivity contribution in [3.8, 4) is 0 Å². The van der Waals surface area contributed by atoms with E-state index in [4.69, 9.17) is 0 Å². The van der Waals surface area contributed by atoms with Gasteiger partial charge in [-0.3, -0.25) is 14.9 Å². The van der Waals surface area contributed by atoms with Crippen LogP contribution in [0.1, 0.15) is 6.92 Å². The Morgan fingerprint density at radius 1 is 1.35 bits per heavy atom. The number of nitrogens with zero attached hydrogens (tertiary/aromatic N) is 1. The Balaban J connectivity index is 2.89. The minimum Gasteiger partial charge on any atom is -0.383 e. The van der Waals surface area contributed by atoms with E-state index < -0.39 is 20.4 Å². The molecule has 8 nitrogen and oxygen atoms in total. The van der Waals surface area contributed by atoms with Gasteiger partial charge >= 0.3 is 0 Å². The minimum atomic E-state index is -3.66. The maximum Gasteiger partial charge on any atom is 0.290 e. The van der Waals surface area contributed by atoms with Crippen LogP contribution in [-0.2, 0) is 14.6 Å². The van der Waals surface area contributed by atoms with E-state index >= 15 is 0 Å². The average Bonchev–Trinajstić information content (AvgIpc) is 2.33. The number of sulfone groups is 1. The molecule has 1 aromatic rings. The van der Waals surface area contributed by atoms with Crippen molar-refractivity contribution < 1.29 is 18.1 Å². The summed E-state index contributed by atoms with van der Waals surface area (Å²) in [7, 11) is -3.66. The van der Waals surface area contributed by atoms with Crippen LogP contribution < -0.4 is 10.6 Å². The quantitative estimate of drug-likeness (QED) is 0.450. The summed E-state index contributed by atoms with van der Waals surface area (Å²) in [5.74, 6) is -0.176. The summed E-state index contributed by atoms with van der Waals surface area (Å²) >= 11 is 0. The monoisotopic (exact) mass is 301 g/mol. The molecule has 0 atom stereocenters. The predicted molar refractivity (Wildman–Crippen MR) is 73.4 cm³/mol. The van der Waals surface area contributed by atoms with Gasteiger partial charge < -0.3 is 10.6 Å². The lowest BCUT2D eigenvalue weighted by Gasteiger charge is -2.08. The normalized spacial score (nSPS) is 10.9. The molecule has 20 heavy (non-hydrogen) atoms. The molecule has 0 spiro atoms. The smallest absolute Gasteiger partial charge is 0.290 e. The maximum absolute atomic E-state index is 11.4. The second-order valence-electron chi connectivity index (χ2n) is 4.12. The summed E-state index contributed by atoms with van der Waals surface area (Å²) in [5.41, 5.74) is -0.0634. The first-order valence-electron chi connectivity index (χ1n) is 5.68. The van der Waals surface area contributed by atoms with Crippen molar-refractivity contribution >= 4 is 27.1 Å². The first-order chi connectivity index (χ1) is 9.21. The van der Waals surface area contributed by atoms with Crippen molar-refractivity contribution in [2.75, 3.05) is 24.7 Å². The van der Waals surface area contributed by atoms with Gasteiger partial charge in [0.25, 0.3) is 5.69 Å². The van der Waals surface area contributed by atoms with Crippen LogP contribution in [0, 0.1) is 10.1 Å². The molecule has 9 heteroatoms. The number of benzene rings is 1. The lowest BCUT2D eigenvalue weighted by Crippen LogP contribution is -2.26. The minimum absolute atomic E-state index is 0.176. The number of hydrogen-bond acceptors (Lipinski definition) is 6. The molecule has 0 aliphatic rings. The zero-order valence-electron chi connectivity index (χ0n) is 11.0. The molecule has 0 aliphatic carbocycles. The number of anilines is 1. The summed E-state index contributed by atoms with van der Waals surface area (Å²) < 4.78 is 22.9. The lowest BCUT2D eigenvalue weighted by molar-refractivity contribution is -0.387. The highest BCUT2D eigenvalue weighted by molar-refractivity contribution is 7.90. The summed E-state index contributed by atoms with van der Waals surface area (Å²) in [6.07, 6.45) is 0.916. The highest BCUT2D eigenvalue weighted by atomic mass is 32.2. The zero-order valence-corrected chi connectivity index (χ0v) is 11.9. The molecular weight excluding hydrogens is 286 g/mol. The van der Waals surface area contributed by atoms with Crippen molar-refractivity contribution in [3.05, 3.63) is 28.3 Å². The Labute approximate surface area is 116 Å². The lowest BCUT2D eigenvalue weighted by atomic mass is 10.3.